The molecule has 0 saturated carbocycles. The molecular formula is C17H16F2N4. The van der Waals surface area contributed by atoms with Crippen molar-refractivity contribution >= 4 is 0 Å². The zero-order valence-electron chi connectivity index (χ0n) is 12.8. The molecule has 0 unspecified atom stereocenters. The quantitative estimate of drug-likeness (QED) is 0.807. The van der Waals surface area contributed by atoms with Gasteiger partial charge in [-0.25, -0.2) is 13.5 Å². The third-order valence-electron chi connectivity index (χ3n) is 3.71. The van der Waals surface area contributed by atoms with E-state index in [9.17, 15) is 8.78 Å². The van der Waals surface area contributed by atoms with Crippen molar-refractivity contribution in [3.05, 3.63) is 64.9 Å². The Balaban J connectivity index is 2.23. The summed E-state index contributed by atoms with van der Waals surface area (Å²) in [7, 11) is 0. The highest BCUT2D eigenvalue weighted by atomic mass is 19.2. The van der Waals surface area contributed by atoms with Crippen LogP contribution >= 0.6 is 0 Å². The van der Waals surface area contributed by atoms with Crippen LogP contribution in [-0.4, -0.2) is 15.0 Å². The molecule has 0 aliphatic rings. The molecule has 0 aliphatic carbocycles. The van der Waals surface area contributed by atoms with Crippen LogP contribution in [0.3, 0.4) is 0 Å². The second-order valence-electron chi connectivity index (χ2n) is 5.42. The van der Waals surface area contributed by atoms with E-state index in [4.69, 9.17) is 5.73 Å². The third kappa shape index (κ3) is 2.73. The first-order chi connectivity index (χ1) is 11.0. The summed E-state index contributed by atoms with van der Waals surface area (Å²) in [6.45, 7) is 4.11. The number of hydrogen-bond acceptors (Lipinski definition) is 3. The van der Waals surface area contributed by atoms with Gasteiger partial charge in [0.2, 0.25) is 0 Å². The van der Waals surface area contributed by atoms with Crippen LogP contribution in [0.15, 0.2) is 36.4 Å². The van der Waals surface area contributed by atoms with Crippen LogP contribution in [0.1, 0.15) is 16.8 Å². The van der Waals surface area contributed by atoms with Crippen molar-refractivity contribution in [2.24, 2.45) is 5.73 Å². The Hall–Kier alpha value is -2.60. The standard InChI is InChI=1S/C17H16F2N4/c1-10-3-6-16(11(2)7-10)23-17(15(9-20)21-22-23)12-4-5-13(18)14(19)8-12/h3-8H,9,20H2,1-2H3. The van der Waals surface area contributed by atoms with Crippen molar-refractivity contribution < 1.29 is 8.78 Å². The number of rotatable bonds is 3. The molecule has 3 rings (SSSR count). The van der Waals surface area contributed by atoms with E-state index in [-0.39, 0.29) is 6.54 Å². The molecule has 0 atom stereocenters. The average Bonchev–Trinajstić information content (AvgIpc) is 2.93. The molecule has 1 aromatic heterocycles. The van der Waals surface area contributed by atoms with Crippen molar-refractivity contribution in [2.75, 3.05) is 0 Å². The molecule has 0 saturated heterocycles. The topological polar surface area (TPSA) is 56.7 Å². The van der Waals surface area contributed by atoms with Gasteiger partial charge < -0.3 is 5.73 Å². The number of aryl methyl sites for hydroxylation is 2. The van der Waals surface area contributed by atoms with E-state index in [2.05, 4.69) is 10.3 Å². The number of hydrogen-bond donors (Lipinski definition) is 1. The second kappa shape index (κ2) is 5.89. The predicted octanol–water partition coefficient (Wildman–Crippen LogP) is 3.29. The van der Waals surface area contributed by atoms with Gasteiger partial charge in [0.25, 0.3) is 0 Å². The number of halogens is 2. The molecule has 3 aromatic rings. The van der Waals surface area contributed by atoms with Crippen LogP contribution in [0.4, 0.5) is 8.78 Å². The van der Waals surface area contributed by atoms with E-state index < -0.39 is 11.6 Å². The van der Waals surface area contributed by atoms with E-state index >= 15 is 0 Å². The summed E-state index contributed by atoms with van der Waals surface area (Å²) >= 11 is 0. The Kier molecular flexibility index (Phi) is 3.92. The van der Waals surface area contributed by atoms with E-state index in [1.165, 1.54) is 6.07 Å². The van der Waals surface area contributed by atoms with Gasteiger partial charge in [-0.05, 0) is 43.7 Å². The lowest BCUT2D eigenvalue weighted by atomic mass is 10.1. The molecule has 0 radical (unpaired) electrons. The lowest BCUT2D eigenvalue weighted by Crippen LogP contribution is -2.04. The molecule has 118 valence electrons. The van der Waals surface area contributed by atoms with Crippen LogP contribution in [0, 0.1) is 25.5 Å². The maximum atomic E-state index is 13.6. The molecule has 0 spiro atoms. The fraction of sp³-hybridized carbons (Fsp3) is 0.176. The minimum atomic E-state index is -0.918. The molecule has 6 heteroatoms. The van der Waals surface area contributed by atoms with Gasteiger partial charge in [-0.15, -0.1) is 5.10 Å². The van der Waals surface area contributed by atoms with Crippen LogP contribution in [-0.2, 0) is 6.54 Å². The molecule has 0 amide bonds. The molecule has 0 bridgehead atoms. The van der Waals surface area contributed by atoms with E-state index in [0.29, 0.717) is 17.0 Å². The minimum Gasteiger partial charge on any atom is -0.325 e. The van der Waals surface area contributed by atoms with Gasteiger partial charge in [0, 0.05) is 12.1 Å². The molecule has 2 N–H and O–H groups in total. The Bertz CT molecular complexity index is 871. The fourth-order valence-corrected chi connectivity index (χ4v) is 2.59. The van der Waals surface area contributed by atoms with Crippen molar-refractivity contribution in [3.8, 4) is 16.9 Å². The number of nitrogens with two attached hydrogens (primary N) is 1. The smallest absolute Gasteiger partial charge is 0.159 e. The first kappa shape index (κ1) is 15.3. The average molecular weight is 314 g/mol. The molecule has 0 fully saturated rings. The van der Waals surface area contributed by atoms with E-state index in [1.54, 1.807) is 4.68 Å². The molecule has 4 nitrogen and oxygen atoms in total. The van der Waals surface area contributed by atoms with Gasteiger partial charge in [0.15, 0.2) is 11.6 Å². The summed E-state index contributed by atoms with van der Waals surface area (Å²) in [4.78, 5) is 0. The Labute approximate surface area is 132 Å². The lowest BCUT2D eigenvalue weighted by molar-refractivity contribution is 0.509. The Morgan fingerprint density at radius 1 is 1.04 bits per heavy atom. The van der Waals surface area contributed by atoms with Crippen molar-refractivity contribution in [2.45, 2.75) is 20.4 Å². The summed E-state index contributed by atoms with van der Waals surface area (Å²) in [6, 6.07) is 9.62. The Morgan fingerprint density at radius 2 is 1.83 bits per heavy atom. The number of aromatic nitrogens is 3. The summed E-state index contributed by atoms with van der Waals surface area (Å²) in [5.74, 6) is -1.81. The third-order valence-corrected chi connectivity index (χ3v) is 3.71. The van der Waals surface area contributed by atoms with Gasteiger partial charge in [0.1, 0.15) is 5.69 Å². The van der Waals surface area contributed by atoms with E-state index in [0.717, 1.165) is 28.9 Å². The second-order valence-corrected chi connectivity index (χ2v) is 5.42. The Morgan fingerprint density at radius 3 is 2.48 bits per heavy atom. The molecule has 0 aliphatic heterocycles. The van der Waals surface area contributed by atoms with Gasteiger partial charge in [-0.1, -0.05) is 22.9 Å². The number of benzene rings is 2. The van der Waals surface area contributed by atoms with Crippen LogP contribution in [0.25, 0.3) is 16.9 Å². The zero-order chi connectivity index (χ0) is 16.6. The van der Waals surface area contributed by atoms with Crippen molar-refractivity contribution in [3.63, 3.8) is 0 Å². The molecule has 23 heavy (non-hydrogen) atoms. The monoisotopic (exact) mass is 314 g/mol. The SMILES string of the molecule is Cc1ccc(-n2nnc(CN)c2-c2ccc(F)c(F)c2)c(C)c1. The first-order valence-corrected chi connectivity index (χ1v) is 7.19. The van der Waals surface area contributed by atoms with Gasteiger partial charge >= 0.3 is 0 Å². The highest BCUT2D eigenvalue weighted by Crippen LogP contribution is 2.28. The highest BCUT2D eigenvalue weighted by molar-refractivity contribution is 5.65. The van der Waals surface area contributed by atoms with Gasteiger partial charge in [0.05, 0.1) is 11.4 Å². The maximum Gasteiger partial charge on any atom is 0.159 e. The van der Waals surface area contributed by atoms with Crippen LogP contribution in [0.2, 0.25) is 0 Å². The maximum absolute atomic E-state index is 13.6. The van der Waals surface area contributed by atoms with Crippen LogP contribution in [0.5, 0.6) is 0 Å². The van der Waals surface area contributed by atoms with Crippen LogP contribution < -0.4 is 5.73 Å². The molecule has 2 aromatic carbocycles. The highest BCUT2D eigenvalue weighted by Gasteiger charge is 2.18. The molecule has 1 heterocycles. The summed E-state index contributed by atoms with van der Waals surface area (Å²) in [5.41, 5.74) is 10.2. The largest absolute Gasteiger partial charge is 0.325 e. The normalized spacial score (nSPS) is 11.0. The summed E-state index contributed by atoms with van der Waals surface area (Å²) < 4.78 is 28.4. The fourth-order valence-electron chi connectivity index (χ4n) is 2.59. The zero-order valence-corrected chi connectivity index (χ0v) is 12.8. The predicted molar refractivity (Wildman–Crippen MR) is 84.1 cm³/mol. The van der Waals surface area contributed by atoms with E-state index in [1.807, 2.05) is 32.0 Å². The van der Waals surface area contributed by atoms with Gasteiger partial charge in [-0.3, -0.25) is 0 Å². The summed E-state index contributed by atoms with van der Waals surface area (Å²) in [5, 5.41) is 8.22. The van der Waals surface area contributed by atoms with Gasteiger partial charge in [-0.2, -0.15) is 0 Å². The minimum absolute atomic E-state index is 0.152. The molecular weight excluding hydrogens is 298 g/mol. The lowest BCUT2D eigenvalue weighted by Gasteiger charge is -2.11. The van der Waals surface area contributed by atoms with Crippen molar-refractivity contribution in [1.82, 2.24) is 15.0 Å². The number of nitrogens with zero attached hydrogens (tertiary/aromatic N) is 3. The van der Waals surface area contributed by atoms with Crippen molar-refractivity contribution in [1.29, 1.82) is 0 Å². The first-order valence-electron chi connectivity index (χ1n) is 7.19. The summed E-state index contributed by atoms with van der Waals surface area (Å²) in [6.07, 6.45) is 0.